The van der Waals surface area contributed by atoms with Crippen LogP contribution in [0, 0.1) is 6.92 Å². The number of rotatable bonds is 2. The van der Waals surface area contributed by atoms with E-state index in [1.165, 1.54) is 11.0 Å². The van der Waals surface area contributed by atoms with Crippen LogP contribution < -0.4 is 9.47 Å². The molecule has 0 spiro atoms. The summed E-state index contributed by atoms with van der Waals surface area (Å²) in [6.07, 6.45) is -6.88. The molecule has 0 aromatic heterocycles. The van der Waals surface area contributed by atoms with Gasteiger partial charge in [-0.15, -0.1) is 0 Å². The van der Waals surface area contributed by atoms with Crippen molar-refractivity contribution in [3.05, 3.63) is 23.3 Å². The zero-order valence-corrected chi connectivity index (χ0v) is 13.3. The molecule has 0 bridgehead atoms. The average molecular weight is 345 g/mol. The maximum absolute atomic E-state index is 12.8. The topological polar surface area (TPSA) is 59.0 Å². The molecule has 1 amide bonds. The highest BCUT2D eigenvalue weighted by molar-refractivity contribution is 6.00. The Balaban J connectivity index is 2.01. The van der Waals surface area contributed by atoms with Crippen molar-refractivity contribution in [2.24, 2.45) is 0 Å². The number of halogens is 3. The first-order valence-corrected chi connectivity index (χ1v) is 7.66. The van der Waals surface area contributed by atoms with Crippen LogP contribution >= 0.6 is 0 Å². The minimum absolute atomic E-state index is 0.0201. The van der Waals surface area contributed by atoms with Gasteiger partial charge in [-0.2, -0.15) is 13.2 Å². The van der Waals surface area contributed by atoms with Crippen molar-refractivity contribution in [2.75, 3.05) is 13.2 Å². The maximum Gasteiger partial charge on any atom is 0.425 e. The Hall–Kier alpha value is -1.96. The second-order valence-corrected chi connectivity index (χ2v) is 6.25. The summed E-state index contributed by atoms with van der Waals surface area (Å²) in [7, 11) is 0. The molecule has 1 fully saturated rings. The Labute approximate surface area is 137 Å². The summed E-state index contributed by atoms with van der Waals surface area (Å²) in [5.41, 5.74) is 0.612. The fraction of sp³-hybridized carbons (Fsp3) is 0.562. The molecule has 2 heterocycles. The predicted molar refractivity (Wildman–Crippen MR) is 78.3 cm³/mol. The third-order valence-corrected chi connectivity index (χ3v) is 4.27. The average Bonchev–Trinajstić information content (AvgIpc) is 2.78. The number of aryl methyl sites for hydroxylation is 1. The molecular formula is C16H18F3NO4. The molecule has 2 aliphatic rings. The number of carbonyl (C=O) groups is 1. The highest BCUT2D eigenvalue weighted by Crippen LogP contribution is 2.38. The van der Waals surface area contributed by atoms with E-state index in [-0.39, 0.29) is 36.3 Å². The lowest BCUT2D eigenvalue weighted by Gasteiger charge is -2.23. The molecule has 1 aromatic carbocycles. The number of hydrogen-bond acceptors (Lipinski definition) is 4. The smallest absolute Gasteiger partial charge is 0.425 e. The van der Waals surface area contributed by atoms with Gasteiger partial charge in [-0.25, -0.2) is 0 Å². The number of carbonyl (C=O) groups excluding carboxylic acids is 1. The predicted octanol–water partition coefficient (Wildman–Crippen LogP) is 2.29. The van der Waals surface area contributed by atoms with E-state index in [2.05, 4.69) is 0 Å². The van der Waals surface area contributed by atoms with Crippen LogP contribution in [0.25, 0.3) is 0 Å². The van der Waals surface area contributed by atoms with Crippen LogP contribution in [-0.4, -0.2) is 53.5 Å². The molecule has 1 N–H and O–H groups in total. The van der Waals surface area contributed by atoms with E-state index in [1.807, 2.05) is 0 Å². The van der Waals surface area contributed by atoms with Gasteiger partial charge in [0.1, 0.15) is 23.7 Å². The number of fused-ring (bicyclic) bond motifs is 2. The number of aliphatic hydroxyl groups is 1. The minimum Gasteiger partial charge on any atom is -0.490 e. The molecule has 2 aliphatic heterocycles. The zero-order valence-electron chi connectivity index (χ0n) is 13.3. The van der Waals surface area contributed by atoms with Gasteiger partial charge in [0.25, 0.3) is 5.91 Å². The Morgan fingerprint density at radius 1 is 1.42 bits per heavy atom. The van der Waals surface area contributed by atoms with Crippen molar-refractivity contribution in [1.82, 2.24) is 4.90 Å². The Morgan fingerprint density at radius 3 is 2.79 bits per heavy atom. The summed E-state index contributed by atoms with van der Waals surface area (Å²) in [5, 5.41) is 9.75. The molecule has 5 nitrogen and oxygen atoms in total. The third kappa shape index (κ3) is 3.02. The molecule has 0 radical (unpaired) electrons. The number of hydrogen-bond donors (Lipinski definition) is 1. The van der Waals surface area contributed by atoms with Crippen molar-refractivity contribution in [2.45, 2.75) is 44.7 Å². The molecule has 3 rings (SSSR count). The van der Waals surface area contributed by atoms with Gasteiger partial charge in [0.05, 0.1) is 12.1 Å². The van der Waals surface area contributed by atoms with Crippen LogP contribution in [0.2, 0.25) is 0 Å². The SMILES string of the molecule is Cc1cc2c(c(O[C@H](C)C(F)(F)F)c1)C(=O)N1C[C@@H](O)C[C@@H]1CO2. The van der Waals surface area contributed by atoms with Crippen LogP contribution in [0.1, 0.15) is 29.3 Å². The highest BCUT2D eigenvalue weighted by atomic mass is 19.4. The van der Waals surface area contributed by atoms with Crippen LogP contribution in [0.4, 0.5) is 13.2 Å². The molecule has 24 heavy (non-hydrogen) atoms. The van der Waals surface area contributed by atoms with Gasteiger partial charge >= 0.3 is 6.18 Å². The van der Waals surface area contributed by atoms with E-state index in [0.717, 1.165) is 6.92 Å². The fourth-order valence-electron chi connectivity index (χ4n) is 3.02. The maximum atomic E-state index is 12.8. The van der Waals surface area contributed by atoms with E-state index in [1.54, 1.807) is 13.0 Å². The van der Waals surface area contributed by atoms with E-state index in [9.17, 15) is 23.1 Å². The van der Waals surface area contributed by atoms with Crippen LogP contribution in [0.3, 0.4) is 0 Å². The molecule has 0 unspecified atom stereocenters. The number of alkyl halides is 3. The van der Waals surface area contributed by atoms with E-state index in [4.69, 9.17) is 9.47 Å². The Bertz CT molecular complexity index is 661. The van der Waals surface area contributed by atoms with Crippen molar-refractivity contribution >= 4 is 5.91 Å². The van der Waals surface area contributed by atoms with Crippen molar-refractivity contribution < 1.29 is 32.5 Å². The minimum atomic E-state index is -4.54. The number of benzene rings is 1. The van der Waals surface area contributed by atoms with Gasteiger partial charge < -0.3 is 19.5 Å². The van der Waals surface area contributed by atoms with Crippen molar-refractivity contribution in [3.8, 4) is 11.5 Å². The van der Waals surface area contributed by atoms with E-state index >= 15 is 0 Å². The van der Waals surface area contributed by atoms with E-state index < -0.39 is 24.3 Å². The third-order valence-electron chi connectivity index (χ3n) is 4.27. The first-order valence-electron chi connectivity index (χ1n) is 7.66. The van der Waals surface area contributed by atoms with Crippen LogP contribution in [-0.2, 0) is 0 Å². The summed E-state index contributed by atoms with van der Waals surface area (Å²) < 4.78 is 49.2. The first kappa shape index (κ1) is 16.9. The van der Waals surface area contributed by atoms with Gasteiger partial charge in [-0.1, -0.05) is 0 Å². The summed E-state index contributed by atoms with van der Waals surface area (Å²) in [6, 6.07) is 2.71. The number of nitrogens with zero attached hydrogens (tertiary/aromatic N) is 1. The lowest BCUT2D eigenvalue weighted by molar-refractivity contribution is -0.189. The fourth-order valence-corrected chi connectivity index (χ4v) is 3.02. The largest absolute Gasteiger partial charge is 0.490 e. The highest BCUT2D eigenvalue weighted by Gasteiger charge is 2.42. The first-order chi connectivity index (χ1) is 11.2. The van der Waals surface area contributed by atoms with Crippen molar-refractivity contribution in [1.29, 1.82) is 0 Å². The summed E-state index contributed by atoms with van der Waals surface area (Å²) in [6.45, 7) is 2.90. The second-order valence-electron chi connectivity index (χ2n) is 6.25. The molecule has 3 atom stereocenters. The van der Waals surface area contributed by atoms with Gasteiger partial charge in [0, 0.05) is 6.54 Å². The molecule has 1 aromatic rings. The van der Waals surface area contributed by atoms with Crippen molar-refractivity contribution in [3.63, 3.8) is 0 Å². The summed E-state index contributed by atoms with van der Waals surface area (Å²) >= 11 is 0. The molecule has 0 saturated carbocycles. The van der Waals surface area contributed by atoms with E-state index in [0.29, 0.717) is 12.0 Å². The molecule has 1 saturated heterocycles. The van der Waals surface area contributed by atoms with Gasteiger partial charge in [-0.3, -0.25) is 4.79 Å². The second kappa shape index (κ2) is 5.84. The van der Waals surface area contributed by atoms with Gasteiger partial charge in [0.2, 0.25) is 0 Å². The Morgan fingerprint density at radius 2 is 2.12 bits per heavy atom. The molecule has 0 aliphatic carbocycles. The monoisotopic (exact) mass is 345 g/mol. The standard InChI is InChI=1S/C16H18F3NO4/c1-8-3-12-14(13(4-8)24-9(2)16(17,18)19)15(22)20-6-11(21)5-10(20)7-23-12/h3-4,9-11,21H,5-7H2,1-2H3/t9-,10-,11+/m1/s1. The lowest BCUT2D eigenvalue weighted by Crippen LogP contribution is -2.37. The Kier molecular flexibility index (Phi) is 4.11. The molecular weight excluding hydrogens is 327 g/mol. The number of ether oxygens (including phenoxy) is 2. The molecule has 8 heteroatoms. The number of amides is 1. The zero-order chi connectivity index (χ0) is 17.6. The van der Waals surface area contributed by atoms with Gasteiger partial charge in [-0.05, 0) is 38.0 Å². The lowest BCUT2D eigenvalue weighted by atomic mass is 10.1. The number of aliphatic hydroxyl groups excluding tert-OH is 1. The van der Waals surface area contributed by atoms with Crippen LogP contribution in [0.15, 0.2) is 12.1 Å². The van der Waals surface area contributed by atoms with Gasteiger partial charge in [0.15, 0.2) is 6.10 Å². The molecule has 132 valence electrons. The van der Waals surface area contributed by atoms with Crippen LogP contribution in [0.5, 0.6) is 11.5 Å². The quantitative estimate of drug-likeness (QED) is 0.894. The summed E-state index contributed by atoms with van der Waals surface area (Å²) in [4.78, 5) is 14.2. The summed E-state index contributed by atoms with van der Waals surface area (Å²) in [5.74, 6) is -0.413. The normalized spacial score (nSPS) is 24.8.